The van der Waals surface area contributed by atoms with Crippen LogP contribution < -0.4 is 21.1 Å². The predicted molar refractivity (Wildman–Crippen MR) is 117 cm³/mol. The van der Waals surface area contributed by atoms with Gasteiger partial charge in [0.1, 0.15) is 11.7 Å². The van der Waals surface area contributed by atoms with E-state index in [1.807, 2.05) is 31.5 Å². The number of aromatic nitrogens is 4. The van der Waals surface area contributed by atoms with Gasteiger partial charge in [-0.3, -0.25) is 10.2 Å². The molecule has 10 heteroatoms. The second-order valence-electron chi connectivity index (χ2n) is 8.12. The number of nitrogens with one attached hydrogen (secondary N) is 4. The van der Waals surface area contributed by atoms with Crippen LogP contribution in [0.2, 0.25) is 0 Å². The molecule has 3 aromatic heterocycles. The highest BCUT2D eigenvalue weighted by molar-refractivity contribution is 5.97. The molecule has 0 saturated carbocycles. The van der Waals surface area contributed by atoms with Gasteiger partial charge >= 0.3 is 0 Å². The first kappa shape index (κ1) is 19.9. The van der Waals surface area contributed by atoms with Crippen LogP contribution in [0.15, 0.2) is 30.7 Å². The van der Waals surface area contributed by atoms with Crippen LogP contribution >= 0.6 is 0 Å². The van der Waals surface area contributed by atoms with Gasteiger partial charge in [0.25, 0.3) is 0 Å². The first-order valence-corrected chi connectivity index (χ1v) is 10.5. The van der Waals surface area contributed by atoms with Crippen molar-refractivity contribution < 1.29 is 9.53 Å². The Morgan fingerprint density at radius 2 is 1.87 bits per heavy atom. The topological polar surface area (TPSA) is 120 Å². The van der Waals surface area contributed by atoms with Crippen molar-refractivity contribution in [2.45, 2.75) is 25.9 Å². The summed E-state index contributed by atoms with van der Waals surface area (Å²) in [5.41, 5.74) is 9.33. The highest BCUT2D eigenvalue weighted by Gasteiger charge is 2.34. The number of aromatic amines is 1. The monoisotopic (exact) mass is 422 g/mol. The molecule has 162 valence electrons. The number of carbonyl (C=O) groups is 1. The minimum Gasteiger partial charge on any atom is -0.378 e. The summed E-state index contributed by atoms with van der Waals surface area (Å²) in [6.07, 6.45) is 5.29. The Bertz CT molecular complexity index is 1080. The average molecular weight is 422 g/mol. The Morgan fingerprint density at radius 3 is 2.58 bits per heavy atom. The molecule has 2 aliphatic rings. The molecule has 3 aromatic rings. The second-order valence-corrected chi connectivity index (χ2v) is 8.12. The Labute approximate surface area is 179 Å². The van der Waals surface area contributed by atoms with Crippen LogP contribution in [0.25, 0.3) is 22.3 Å². The third-order valence-corrected chi connectivity index (χ3v) is 6.04. The van der Waals surface area contributed by atoms with Crippen molar-refractivity contribution in [2.24, 2.45) is 5.92 Å². The molecule has 0 aromatic carbocycles. The fourth-order valence-electron chi connectivity index (χ4n) is 3.92. The van der Waals surface area contributed by atoms with Gasteiger partial charge in [0.05, 0.1) is 30.8 Å². The van der Waals surface area contributed by atoms with Gasteiger partial charge < -0.3 is 19.9 Å². The van der Waals surface area contributed by atoms with E-state index < -0.39 is 0 Å². The van der Waals surface area contributed by atoms with Crippen LogP contribution in [0.3, 0.4) is 0 Å². The maximum absolute atomic E-state index is 12.6. The molecule has 0 bridgehead atoms. The summed E-state index contributed by atoms with van der Waals surface area (Å²) in [6.45, 7) is 7.10. The van der Waals surface area contributed by atoms with Crippen LogP contribution in [0.5, 0.6) is 0 Å². The summed E-state index contributed by atoms with van der Waals surface area (Å²) in [6, 6.07) is 3.86. The number of ether oxygens (including phenoxy) is 1. The minimum atomic E-state index is -0.283. The van der Waals surface area contributed by atoms with E-state index in [1.165, 1.54) is 0 Å². The lowest BCUT2D eigenvalue weighted by atomic mass is 9.97. The number of hydrogen-bond acceptors (Lipinski definition) is 8. The van der Waals surface area contributed by atoms with E-state index in [1.54, 1.807) is 6.20 Å². The summed E-state index contributed by atoms with van der Waals surface area (Å²) in [5, 5.41) is 3.87. The van der Waals surface area contributed by atoms with Crippen LogP contribution in [-0.4, -0.2) is 64.2 Å². The van der Waals surface area contributed by atoms with E-state index in [0.29, 0.717) is 24.8 Å². The molecule has 4 N–H and O–H groups in total. The number of morpholine rings is 1. The number of anilines is 2. The number of carbonyl (C=O) groups excluding carboxylic acids is 1. The van der Waals surface area contributed by atoms with Gasteiger partial charge in [-0.1, -0.05) is 6.92 Å². The van der Waals surface area contributed by atoms with Crippen molar-refractivity contribution in [2.75, 3.05) is 36.5 Å². The molecule has 0 spiro atoms. The van der Waals surface area contributed by atoms with E-state index in [0.717, 1.165) is 35.4 Å². The summed E-state index contributed by atoms with van der Waals surface area (Å²) < 4.78 is 5.38. The van der Waals surface area contributed by atoms with E-state index in [-0.39, 0.29) is 23.9 Å². The molecule has 1 amide bonds. The molecular weight excluding hydrogens is 396 g/mol. The molecule has 2 fully saturated rings. The van der Waals surface area contributed by atoms with E-state index in [2.05, 4.69) is 47.9 Å². The number of rotatable bonds is 4. The molecule has 0 aliphatic carbocycles. The fraction of sp³-hybridized carbons (Fsp3) is 0.429. The summed E-state index contributed by atoms with van der Waals surface area (Å²) in [7, 11) is 0. The van der Waals surface area contributed by atoms with Crippen molar-refractivity contribution in [1.82, 2.24) is 30.8 Å². The van der Waals surface area contributed by atoms with Crippen molar-refractivity contribution in [3.05, 3.63) is 30.7 Å². The Kier molecular flexibility index (Phi) is 5.26. The lowest BCUT2D eigenvalue weighted by molar-refractivity contribution is -0.118. The van der Waals surface area contributed by atoms with E-state index in [4.69, 9.17) is 4.74 Å². The van der Waals surface area contributed by atoms with Gasteiger partial charge in [-0.15, -0.1) is 0 Å². The lowest BCUT2D eigenvalue weighted by Gasteiger charge is -2.26. The molecule has 5 heterocycles. The molecule has 5 rings (SSSR count). The SMILES string of the molecule is CC1NNC(C(=O)Nc2cnc3[nH]c(-c4cnc(N5CCOCC5)nc4)cc3c2)C1C. The first-order chi connectivity index (χ1) is 15.1. The number of amides is 1. The van der Waals surface area contributed by atoms with Gasteiger partial charge in [-0.25, -0.2) is 20.4 Å². The van der Waals surface area contributed by atoms with Crippen molar-refractivity contribution >= 4 is 28.6 Å². The zero-order valence-corrected chi connectivity index (χ0v) is 17.6. The van der Waals surface area contributed by atoms with E-state index >= 15 is 0 Å². The number of hydrazine groups is 1. The smallest absolute Gasteiger partial charge is 0.243 e. The molecule has 10 nitrogen and oxygen atoms in total. The third-order valence-electron chi connectivity index (χ3n) is 6.04. The number of hydrogen-bond donors (Lipinski definition) is 4. The number of fused-ring (bicyclic) bond motifs is 1. The van der Waals surface area contributed by atoms with Gasteiger partial charge in [0.15, 0.2) is 0 Å². The molecule has 2 aliphatic heterocycles. The third kappa shape index (κ3) is 3.97. The molecule has 31 heavy (non-hydrogen) atoms. The average Bonchev–Trinajstić information content (AvgIpc) is 3.37. The predicted octanol–water partition coefficient (Wildman–Crippen LogP) is 1.30. The standard InChI is InChI=1S/C21H26N8O2/c1-12-13(2)27-28-18(12)20(30)25-16-7-14-8-17(26-19(14)22-11-16)15-9-23-21(24-10-15)29-3-5-31-6-4-29/h7-13,18,27-28H,3-6H2,1-2H3,(H,22,26)(H,25,30). The molecule has 0 radical (unpaired) electrons. The molecule has 2 saturated heterocycles. The highest BCUT2D eigenvalue weighted by Crippen LogP contribution is 2.25. The number of nitrogens with zero attached hydrogens (tertiary/aromatic N) is 4. The normalized spacial score (nSPS) is 23.9. The Balaban J connectivity index is 1.32. The Hall–Kier alpha value is -3.08. The van der Waals surface area contributed by atoms with Crippen molar-refractivity contribution in [3.8, 4) is 11.3 Å². The zero-order valence-electron chi connectivity index (χ0n) is 17.6. The first-order valence-electron chi connectivity index (χ1n) is 10.5. The van der Waals surface area contributed by atoms with E-state index in [9.17, 15) is 4.79 Å². The van der Waals surface area contributed by atoms with Crippen LogP contribution in [-0.2, 0) is 9.53 Å². The van der Waals surface area contributed by atoms with Gasteiger partial charge in [-0.2, -0.15) is 0 Å². The summed E-state index contributed by atoms with van der Waals surface area (Å²) in [5.74, 6) is 0.828. The maximum atomic E-state index is 12.6. The number of H-pyrrole nitrogens is 1. The minimum absolute atomic E-state index is 0.0756. The quantitative estimate of drug-likeness (QED) is 0.497. The summed E-state index contributed by atoms with van der Waals surface area (Å²) in [4.78, 5) is 31.5. The fourth-order valence-corrected chi connectivity index (χ4v) is 3.92. The summed E-state index contributed by atoms with van der Waals surface area (Å²) >= 11 is 0. The van der Waals surface area contributed by atoms with Gasteiger partial charge in [-0.05, 0) is 25.0 Å². The van der Waals surface area contributed by atoms with Crippen LogP contribution in [0, 0.1) is 5.92 Å². The van der Waals surface area contributed by atoms with Gasteiger partial charge in [0, 0.05) is 42.5 Å². The molecule has 3 atom stereocenters. The lowest BCUT2D eigenvalue weighted by Crippen LogP contribution is -2.41. The van der Waals surface area contributed by atoms with Crippen LogP contribution in [0.4, 0.5) is 11.6 Å². The molecule has 3 unspecified atom stereocenters. The zero-order chi connectivity index (χ0) is 21.4. The maximum Gasteiger partial charge on any atom is 0.243 e. The van der Waals surface area contributed by atoms with Crippen LogP contribution in [0.1, 0.15) is 13.8 Å². The van der Waals surface area contributed by atoms with Gasteiger partial charge in [0.2, 0.25) is 11.9 Å². The number of pyridine rings is 1. The Morgan fingerprint density at radius 1 is 1.10 bits per heavy atom. The van der Waals surface area contributed by atoms with Crippen molar-refractivity contribution in [3.63, 3.8) is 0 Å². The largest absolute Gasteiger partial charge is 0.378 e. The second kappa shape index (κ2) is 8.22. The molecular formula is C21H26N8O2. The van der Waals surface area contributed by atoms with Crippen molar-refractivity contribution in [1.29, 1.82) is 0 Å². The highest BCUT2D eigenvalue weighted by atomic mass is 16.5.